The monoisotopic (exact) mass is 432 g/mol. The van der Waals surface area contributed by atoms with Gasteiger partial charge in [-0.05, 0) is 47.9 Å². The maximum atomic E-state index is 13.8. The van der Waals surface area contributed by atoms with Crippen molar-refractivity contribution in [3.8, 4) is 5.75 Å². The van der Waals surface area contributed by atoms with Crippen molar-refractivity contribution in [3.05, 3.63) is 100 Å². The van der Waals surface area contributed by atoms with E-state index < -0.39 is 5.97 Å². The molecule has 5 nitrogen and oxygen atoms in total. The van der Waals surface area contributed by atoms with E-state index in [1.165, 1.54) is 17.7 Å². The molecule has 0 spiro atoms. The van der Waals surface area contributed by atoms with Crippen LogP contribution in [0, 0.1) is 12.7 Å². The lowest BCUT2D eigenvalue weighted by Gasteiger charge is -2.11. The minimum atomic E-state index is -1.02. The lowest BCUT2D eigenvalue weighted by atomic mass is 10.1. The number of ether oxygens (including phenoxy) is 1. The lowest BCUT2D eigenvalue weighted by molar-refractivity contribution is 0.0684. The highest BCUT2D eigenvalue weighted by Gasteiger charge is 2.23. The topological polar surface area (TPSA) is 63.5 Å². The molecule has 1 heterocycles. The Bertz CT molecular complexity index is 1280. The van der Waals surface area contributed by atoms with Gasteiger partial charge in [0, 0.05) is 36.7 Å². The smallest absolute Gasteiger partial charge is 0.352 e. The third kappa shape index (κ3) is 4.36. The average molecular weight is 432 g/mol. The summed E-state index contributed by atoms with van der Waals surface area (Å²) in [6.45, 7) is 3.30. The van der Waals surface area contributed by atoms with Crippen LogP contribution in [0.1, 0.15) is 32.7 Å². The number of benzene rings is 3. The molecule has 3 aromatic carbocycles. The molecule has 6 heteroatoms. The van der Waals surface area contributed by atoms with E-state index in [9.17, 15) is 14.3 Å². The normalized spacial score (nSPS) is 11.1. The molecule has 0 atom stereocenters. The van der Waals surface area contributed by atoms with Crippen molar-refractivity contribution >= 4 is 16.9 Å². The van der Waals surface area contributed by atoms with Crippen LogP contribution in [0.4, 0.5) is 4.39 Å². The number of hydrogen-bond acceptors (Lipinski definition) is 3. The van der Waals surface area contributed by atoms with Crippen molar-refractivity contribution in [2.24, 2.45) is 0 Å². The van der Waals surface area contributed by atoms with Crippen molar-refractivity contribution in [3.63, 3.8) is 0 Å². The Morgan fingerprint density at radius 1 is 1.06 bits per heavy atom. The van der Waals surface area contributed by atoms with Gasteiger partial charge >= 0.3 is 5.97 Å². The molecule has 0 fully saturated rings. The zero-order chi connectivity index (χ0) is 22.7. The van der Waals surface area contributed by atoms with Crippen molar-refractivity contribution in [2.75, 3.05) is 7.11 Å². The molecule has 0 radical (unpaired) electrons. The van der Waals surface area contributed by atoms with Crippen LogP contribution >= 0.6 is 0 Å². The standard InChI is InChI=1S/C26H25FN2O3/c1-17-6-3-4-8-19(17)14-28-15-23-22-11-10-21(32-2)13-24(22)29(25(23)26(30)31)16-18-7-5-9-20(27)12-18/h3-13,28H,14-16H2,1-2H3,(H,30,31). The molecule has 0 aliphatic rings. The van der Waals surface area contributed by atoms with Gasteiger partial charge in [-0.25, -0.2) is 9.18 Å². The number of carboxylic acid groups (broad SMARTS) is 1. The summed E-state index contributed by atoms with van der Waals surface area (Å²) < 4.78 is 20.9. The summed E-state index contributed by atoms with van der Waals surface area (Å²) in [7, 11) is 1.57. The fraction of sp³-hybridized carbons (Fsp3) is 0.192. The Labute approximate surface area is 186 Å². The number of methoxy groups -OCH3 is 1. The first-order valence-electron chi connectivity index (χ1n) is 10.4. The van der Waals surface area contributed by atoms with Gasteiger partial charge in [0.15, 0.2) is 0 Å². The van der Waals surface area contributed by atoms with Crippen LogP contribution in [0.5, 0.6) is 5.75 Å². The molecule has 164 valence electrons. The number of halogens is 1. The van der Waals surface area contributed by atoms with E-state index in [-0.39, 0.29) is 18.1 Å². The molecule has 0 saturated heterocycles. The number of carbonyl (C=O) groups is 1. The van der Waals surface area contributed by atoms with Gasteiger partial charge in [0.2, 0.25) is 0 Å². The second-order valence-electron chi connectivity index (χ2n) is 7.76. The average Bonchev–Trinajstić information content (AvgIpc) is 3.08. The predicted octanol–water partition coefficient (Wildman–Crippen LogP) is 5.13. The molecule has 4 rings (SSSR count). The highest BCUT2D eigenvalue weighted by molar-refractivity contribution is 5.98. The van der Waals surface area contributed by atoms with Crippen LogP contribution in [0.15, 0.2) is 66.7 Å². The van der Waals surface area contributed by atoms with Crippen molar-refractivity contribution < 1.29 is 19.0 Å². The van der Waals surface area contributed by atoms with Crippen molar-refractivity contribution in [1.29, 1.82) is 0 Å². The van der Waals surface area contributed by atoms with Gasteiger partial charge in [-0.1, -0.05) is 36.4 Å². The van der Waals surface area contributed by atoms with E-state index in [2.05, 4.69) is 24.4 Å². The Balaban J connectivity index is 1.76. The third-order valence-corrected chi connectivity index (χ3v) is 5.69. The van der Waals surface area contributed by atoms with Crippen molar-refractivity contribution in [2.45, 2.75) is 26.6 Å². The van der Waals surface area contributed by atoms with Gasteiger partial charge in [-0.15, -0.1) is 0 Å². The zero-order valence-corrected chi connectivity index (χ0v) is 18.1. The highest BCUT2D eigenvalue weighted by Crippen LogP contribution is 2.31. The van der Waals surface area contributed by atoms with Gasteiger partial charge < -0.3 is 19.7 Å². The van der Waals surface area contributed by atoms with Crippen LogP contribution in [0.3, 0.4) is 0 Å². The molecular weight excluding hydrogens is 407 g/mol. The second kappa shape index (κ2) is 9.24. The maximum absolute atomic E-state index is 13.8. The second-order valence-corrected chi connectivity index (χ2v) is 7.76. The molecule has 2 N–H and O–H groups in total. The van der Waals surface area contributed by atoms with Crippen molar-refractivity contribution in [1.82, 2.24) is 9.88 Å². The summed E-state index contributed by atoms with van der Waals surface area (Å²) >= 11 is 0. The molecule has 0 bridgehead atoms. The summed E-state index contributed by atoms with van der Waals surface area (Å²) in [5, 5.41) is 14.3. The first-order chi connectivity index (χ1) is 15.5. The summed E-state index contributed by atoms with van der Waals surface area (Å²) in [6.07, 6.45) is 0. The number of aromatic carboxylic acids is 1. The Morgan fingerprint density at radius 2 is 1.88 bits per heavy atom. The molecule has 0 aliphatic carbocycles. The van der Waals surface area contributed by atoms with Crippen LogP contribution in [-0.2, 0) is 19.6 Å². The van der Waals surface area contributed by atoms with Gasteiger partial charge in [-0.3, -0.25) is 0 Å². The molecule has 1 aromatic heterocycles. The number of aryl methyl sites for hydroxylation is 1. The summed E-state index contributed by atoms with van der Waals surface area (Å²) in [5.74, 6) is -0.746. The van der Waals surface area contributed by atoms with E-state index in [0.717, 1.165) is 16.5 Å². The summed E-state index contributed by atoms with van der Waals surface area (Å²) in [6, 6.07) is 19.8. The Hall–Kier alpha value is -3.64. The molecule has 4 aromatic rings. The van der Waals surface area contributed by atoms with Gasteiger partial charge in [-0.2, -0.15) is 0 Å². The number of fused-ring (bicyclic) bond motifs is 1. The molecule has 0 unspecified atom stereocenters. The molecule has 0 saturated carbocycles. The number of rotatable bonds is 8. The number of nitrogens with one attached hydrogen (secondary N) is 1. The van der Waals surface area contributed by atoms with E-state index >= 15 is 0 Å². The van der Waals surface area contributed by atoms with Gasteiger partial charge in [0.25, 0.3) is 0 Å². The van der Waals surface area contributed by atoms with Crippen LogP contribution in [0.25, 0.3) is 10.9 Å². The van der Waals surface area contributed by atoms with Crippen LogP contribution in [-0.4, -0.2) is 22.8 Å². The molecule has 0 aliphatic heterocycles. The zero-order valence-electron chi connectivity index (χ0n) is 18.1. The fourth-order valence-corrected chi connectivity index (χ4v) is 4.06. The van der Waals surface area contributed by atoms with E-state index in [1.807, 2.05) is 30.3 Å². The predicted molar refractivity (Wildman–Crippen MR) is 123 cm³/mol. The van der Waals surface area contributed by atoms with Gasteiger partial charge in [0.05, 0.1) is 12.6 Å². The summed E-state index contributed by atoms with van der Waals surface area (Å²) in [5.41, 5.74) is 4.64. The van der Waals surface area contributed by atoms with Gasteiger partial charge in [0.1, 0.15) is 17.3 Å². The van der Waals surface area contributed by atoms with E-state index in [1.54, 1.807) is 23.8 Å². The quantitative estimate of drug-likeness (QED) is 0.405. The molecular formula is C26H25FN2O3. The SMILES string of the molecule is COc1ccc2c(CNCc3ccccc3C)c(C(=O)O)n(Cc3cccc(F)c3)c2c1. The fourth-order valence-electron chi connectivity index (χ4n) is 4.06. The van der Waals surface area contributed by atoms with E-state index in [4.69, 9.17) is 4.74 Å². The Morgan fingerprint density at radius 3 is 2.59 bits per heavy atom. The highest BCUT2D eigenvalue weighted by atomic mass is 19.1. The minimum absolute atomic E-state index is 0.190. The molecule has 0 amide bonds. The largest absolute Gasteiger partial charge is 0.497 e. The Kier molecular flexibility index (Phi) is 6.23. The molecule has 32 heavy (non-hydrogen) atoms. The number of hydrogen-bond donors (Lipinski definition) is 2. The number of nitrogens with zero attached hydrogens (tertiary/aromatic N) is 1. The lowest BCUT2D eigenvalue weighted by Crippen LogP contribution is -2.17. The summed E-state index contributed by atoms with van der Waals surface area (Å²) in [4.78, 5) is 12.4. The first-order valence-corrected chi connectivity index (χ1v) is 10.4. The first kappa shape index (κ1) is 21.6. The maximum Gasteiger partial charge on any atom is 0.352 e. The number of aromatic nitrogens is 1. The number of carboxylic acids is 1. The minimum Gasteiger partial charge on any atom is -0.497 e. The van der Waals surface area contributed by atoms with Crippen LogP contribution < -0.4 is 10.1 Å². The van der Waals surface area contributed by atoms with Crippen LogP contribution in [0.2, 0.25) is 0 Å². The van der Waals surface area contributed by atoms with E-state index in [0.29, 0.717) is 30.0 Å². The third-order valence-electron chi connectivity index (χ3n) is 5.69.